The summed E-state index contributed by atoms with van der Waals surface area (Å²) in [6, 6.07) is 9.95. The van der Waals surface area contributed by atoms with Gasteiger partial charge in [0.15, 0.2) is 0 Å². The minimum absolute atomic E-state index is 0.142. The van der Waals surface area contributed by atoms with Crippen LogP contribution in [0, 0.1) is 11.8 Å². The first kappa shape index (κ1) is 25.1. The molecule has 2 aromatic rings. The maximum Gasteiger partial charge on any atom is 0.307 e. The van der Waals surface area contributed by atoms with Crippen molar-refractivity contribution in [1.29, 1.82) is 0 Å². The highest BCUT2D eigenvalue weighted by Crippen LogP contribution is 2.40. The van der Waals surface area contributed by atoms with Gasteiger partial charge in [0.25, 0.3) is 6.43 Å². The second-order valence-electron chi connectivity index (χ2n) is 9.16. The molecule has 0 spiro atoms. The van der Waals surface area contributed by atoms with Crippen molar-refractivity contribution in [3.8, 4) is 16.9 Å². The van der Waals surface area contributed by atoms with Crippen molar-refractivity contribution in [1.82, 2.24) is 0 Å². The molecule has 0 aliphatic heterocycles. The normalized spacial score (nSPS) is 20.0. The molecule has 0 aromatic heterocycles. The first-order valence-electron chi connectivity index (χ1n) is 12.2. The molecular formula is C27H31F2NO5. The smallest absolute Gasteiger partial charge is 0.307 e. The number of carbonyl (C=O) groups is 2. The van der Waals surface area contributed by atoms with Crippen LogP contribution >= 0.6 is 0 Å². The van der Waals surface area contributed by atoms with Crippen LogP contribution in [0.1, 0.15) is 63.0 Å². The van der Waals surface area contributed by atoms with E-state index in [1.807, 2.05) is 0 Å². The van der Waals surface area contributed by atoms with Gasteiger partial charge in [-0.25, -0.2) is 8.78 Å². The fourth-order valence-electron chi connectivity index (χ4n) is 4.76. The third-order valence-electron chi connectivity index (χ3n) is 6.67. The highest BCUT2D eigenvalue weighted by molar-refractivity contribution is 5.95. The Morgan fingerprint density at radius 2 is 1.80 bits per heavy atom. The number of benzene rings is 2. The quantitative estimate of drug-likeness (QED) is 0.417. The molecule has 0 unspecified atom stereocenters. The summed E-state index contributed by atoms with van der Waals surface area (Å²) in [5.41, 5.74) is 1.93. The summed E-state index contributed by atoms with van der Waals surface area (Å²) in [4.78, 5) is 24.6. The number of aliphatic carboxylic acids is 1. The van der Waals surface area contributed by atoms with Gasteiger partial charge in [-0.1, -0.05) is 31.0 Å². The molecule has 0 bridgehead atoms. The molecule has 2 aromatic carbocycles. The Morgan fingerprint density at radius 1 is 1.06 bits per heavy atom. The van der Waals surface area contributed by atoms with Crippen LogP contribution < -0.4 is 10.1 Å². The lowest BCUT2D eigenvalue weighted by atomic mass is 9.78. The molecule has 2 fully saturated rings. The maximum absolute atomic E-state index is 14.1. The molecule has 8 heteroatoms. The molecule has 188 valence electrons. The molecule has 4 rings (SSSR count). The summed E-state index contributed by atoms with van der Waals surface area (Å²) < 4.78 is 39.6. The summed E-state index contributed by atoms with van der Waals surface area (Å²) in [5.74, 6) is -2.43. The van der Waals surface area contributed by atoms with Crippen molar-refractivity contribution in [3.63, 3.8) is 0 Å². The number of carboxylic acid groups (broad SMARTS) is 1. The number of amides is 1. The van der Waals surface area contributed by atoms with Gasteiger partial charge in [0.2, 0.25) is 5.91 Å². The Bertz CT molecular complexity index is 1070. The number of carbonyl (C=O) groups excluding carboxylic acids is 1. The average molecular weight is 488 g/mol. The van der Waals surface area contributed by atoms with E-state index in [4.69, 9.17) is 9.47 Å². The lowest BCUT2D eigenvalue weighted by Gasteiger charge is -2.27. The van der Waals surface area contributed by atoms with Crippen molar-refractivity contribution in [2.45, 2.75) is 64.6 Å². The zero-order chi connectivity index (χ0) is 24.9. The third-order valence-corrected chi connectivity index (χ3v) is 6.67. The molecule has 0 heterocycles. The highest BCUT2D eigenvalue weighted by atomic mass is 19.3. The van der Waals surface area contributed by atoms with Gasteiger partial charge in [-0.2, -0.15) is 0 Å². The largest absolute Gasteiger partial charge is 0.493 e. The minimum atomic E-state index is -2.73. The minimum Gasteiger partial charge on any atom is -0.493 e. The summed E-state index contributed by atoms with van der Waals surface area (Å²) >= 11 is 0. The lowest BCUT2D eigenvalue weighted by Crippen LogP contribution is -2.36. The Kier molecular flexibility index (Phi) is 8.00. The standard InChI is InChI=1S/C27H31F2NO5/c1-2-34-23-9-5-8-20(24(23)25(28)29)19-13-10-17(14-16(19)15-35-18-11-12-18)30-26(31)21-6-3-4-7-22(21)27(32)33/h5,8-10,13-14,18,21-22,25H,2-4,6-7,11-12,15H2,1H3,(H,30,31)(H,32,33)/t21-,22-/m0/s1. The Morgan fingerprint density at radius 3 is 2.46 bits per heavy atom. The van der Waals surface area contributed by atoms with Gasteiger partial charge in [0.1, 0.15) is 5.75 Å². The average Bonchev–Trinajstić information content (AvgIpc) is 3.67. The monoisotopic (exact) mass is 487 g/mol. The highest BCUT2D eigenvalue weighted by Gasteiger charge is 2.36. The predicted octanol–water partition coefficient (Wildman–Crippen LogP) is 6.20. The second kappa shape index (κ2) is 11.2. The zero-order valence-corrected chi connectivity index (χ0v) is 19.8. The molecule has 1 amide bonds. The van der Waals surface area contributed by atoms with E-state index in [0.717, 1.165) is 25.7 Å². The third kappa shape index (κ3) is 5.99. The van der Waals surface area contributed by atoms with Crippen molar-refractivity contribution in [2.24, 2.45) is 11.8 Å². The summed E-state index contributed by atoms with van der Waals surface area (Å²) in [6.45, 7) is 2.23. The molecular weight excluding hydrogens is 456 g/mol. The maximum atomic E-state index is 14.1. The molecule has 6 nitrogen and oxygen atoms in total. The topological polar surface area (TPSA) is 84.9 Å². The van der Waals surface area contributed by atoms with Gasteiger partial charge in [-0.3, -0.25) is 9.59 Å². The Labute approximate surface area is 203 Å². The number of alkyl halides is 2. The number of rotatable bonds is 10. The number of carboxylic acids is 1. The Hall–Kier alpha value is -3.00. The lowest BCUT2D eigenvalue weighted by molar-refractivity contribution is -0.147. The van der Waals surface area contributed by atoms with E-state index in [1.54, 1.807) is 37.3 Å². The number of ether oxygens (including phenoxy) is 2. The van der Waals surface area contributed by atoms with E-state index in [0.29, 0.717) is 35.2 Å². The number of hydrogen-bond acceptors (Lipinski definition) is 4. The summed E-state index contributed by atoms with van der Waals surface area (Å²) in [6.07, 6.45) is 1.98. The van der Waals surface area contributed by atoms with E-state index in [2.05, 4.69) is 5.32 Å². The van der Waals surface area contributed by atoms with E-state index in [1.165, 1.54) is 6.07 Å². The van der Waals surface area contributed by atoms with Gasteiger partial charge in [0.05, 0.1) is 36.7 Å². The first-order chi connectivity index (χ1) is 16.9. The van der Waals surface area contributed by atoms with Gasteiger partial charge in [-0.05, 0) is 67.5 Å². The van der Waals surface area contributed by atoms with Crippen molar-refractivity contribution in [2.75, 3.05) is 11.9 Å². The molecule has 2 aliphatic carbocycles. The molecule has 2 saturated carbocycles. The number of nitrogens with one attached hydrogen (secondary N) is 1. The van der Waals surface area contributed by atoms with Crippen molar-refractivity contribution < 1.29 is 33.0 Å². The van der Waals surface area contributed by atoms with E-state index in [9.17, 15) is 23.5 Å². The fraction of sp³-hybridized carbons (Fsp3) is 0.481. The number of hydrogen-bond donors (Lipinski definition) is 2. The fourth-order valence-corrected chi connectivity index (χ4v) is 4.76. The predicted molar refractivity (Wildman–Crippen MR) is 128 cm³/mol. The van der Waals surface area contributed by atoms with Crippen LogP contribution in [-0.4, -0.2) is 29.7 Å². The second-order valence-corrected chi connectivity index (χ2v) is 9.16. The van der Waals surface area contributed by atoms with Crippen LogP contribution in [0.25, 0.3) is 11.1 Å². The number of anilines is 1. The zero-order valence-electron chi connectivity index (χ0n) is 19.8. The van der Waals surface area contributed by atoms with E-state index >= 15 is 0 Å². The number of halogens is 2. The molecule has 0 radical (unpaired) electrons. The summed E-state index contributed by atoms with van der Waals surface area (Å²) in [5, 5.41) is 12.4. The van der Waals surface area contributed by atoms with Crippen LogP contribution in [-0.2, 0) is 20.9 Å². The van der Waals surface area contributed by atoms with Crippen molar-refractivity contribution in [3.05, 3.63) is 47.5 Å². The summed E-state index contributed by atoms with van der Waals surface area (Å²) in [7, 11) is 0. The SMILES string of the molecule is CCOc1cccc(-c2ccc(NC(=O)[C@H]3CCCC[C@@H]3C(=O)O)cc2COC2CC2)c1C(F)F. The van der Waals surface area contributed by atoms with E-state index in [-0.39, 0.29) is 36.5 Å². The molecule has 2 atom stereocenters. The van der Waals surface area contributed by atoms with E-state index < -0.39 is 24.2 Å². The van der Waals surface area contributed by atoms with Crippen LogP contribution in [0.5, 0.6) is 5.75 Å². The molecule has 2 N–H and O–H groups in total. The van der Waals surface area contributed by atoms with Crippen molar-refractivity contribution >= 4 is 17.6 Å². The van der Waals surface area contributed by atoms with Crippen LogP contribution in [0.2, 0.25) is 0 Å². The van der Waals surface area contributed by atoms with Gasteiger partial charge < -0.3 is 19.9 Å². The van der Waals surface area contributed by atoms with Crippen LogP contribution in [0.3, 0.4) is 0 Å². The molecule has 0 saturated heterocycles. The molecule has 2 aliphatic rings. The Balaban J connectivity index is 1.65. The van der Waals surface area contributed by atoms with Gasteiger partial charge in [-0.15, -0.1) is 0 Å². The van der Waals surface area contributed by atoms with Gasteiger partial charge >= 0.3 is 5.97 Å². The van der Waals surface area contributed by atoms with Crippen LogP contribution in [0.15, 0.2) is 36.4 Å². The first-order valence-corrected chi connectivity index (χ1v) is 12.2. The van der Waals surface area contributed by atoms with Gasteiger partial charge in [0, 0.05) is 5.69 Å². The molecule has 35 heavy (non-hydrogen) atoms. The van der Waals surface area contributed by atoms with Crippen LogP contribution in [0.4, 0.5) is 14.5 Å².